The Morgan fingerprint density at radius 2 is 0.629 bits per heavy atom. The molecule has 0 radical (unpaired) electrons. The molecule has 0 fully saturated rings. The fourth-order valence-corrected chi connectivity index (χ4v) is 11.4. The molecule has 326 valence electrons. The third kappa shape index (κ3) is 6.45. The Labute approximate surface area is 408 Å². The molecule has 3 nitrogen and oxygen atoms in total. The highest BCUT2D eigenvalue weighted by Crippen LogP contribution is 2.47. The maximum Gasteiger partial charge on any atom is 0.252 e. The first kappa shape index (κ1) is 40.0. The molecule has 4 heteroatoms. The summed E-state index contributed by atoms with van der Waals surface area (Å²) in [5.41, 5.74) is 23.7. The smallest absolute Gasteiger partial charge is 0.252 e. The maximum atomic E-state index is 2.54. The number of aromatic nitrogens is 1. The Hall–Kier alpha value is -9.12. The molecule has 0 atom stereocenters. The summed E-state index contributed by atoms with van der Waals surface area (Å²) >= 11 is 0. The van der Waals surface area contributed by atoms with E-state index in [1.165, 1.54) is 105 Å². The Bertz CT molecular complexity index is 3770. The summed E-state index contributed by atoms with van der Waals surface area (Å²) < 4.78 is 2.46. The van der Waals surface area contributed by atoms with Gasteiger partial charge in [0.2, 0.25) is 0 Å². The summed E-state index contributed by atoms with van der Waals surface area (Å²) in [6.07, 6.45) is 0. The van der Waals surface area contributed by atoms with Crippen LogP contribution in [0.4, 0.5) is 34.1 Å². The molecule has 12 aromatic rings. The Balaban J connectivity index is 1.06. The lowest BCUT2D eigenvalue weighted by Crippen LogP contribution is -2.61. The van der Waals surface area contributed by atoms with E-state index in [1.54, 1.807) is 0 Å². The number of para-hydroxylation sites is 3. The predicted octanol–water partition coefficient (Wildman–Crippen LogP) is 15.5. The molecule has 1 aromatic heterocycles. The first-order valence-corrected chi connectivity index (χ1v) is 24.2. The number of benzene rings is 11. The molecule has 2 aliphatic rings. The molecular weight excluding hydrogens is 846 g/mol. The molecular formula is C66H44BN3. The van der Waals surface area contributed by atoms with E-state index < -0.39 is 0 Å². The molecule has 14 rings (SSSR count). The molecule has 0 spiro atoms. The van der Waals surface area contributed by atoms with Crippen LogP contribution in [0.5, 0.6) is 0 Å². The third-order valence-corrected chi connectivity index (χ3v) is 14.5. The van der Waals surface area contributed by atoms with Crippen molar-refractivity contribution in [2.45, 2.75) is 0 Å². The summed E-state index contributed by atoms with van der Waals surface area (Å²) in [4.78, 5) is 5.07. The van der Waals surface area contributed by atoms with E-state index in [-0.39, 0.29) is 6.71 Å². The summed E-state index contributed by atoms with van der Waals surface area (Å²) in [5.74, 6) is 0. The van der Waals surface area contributed by atoms with Gasteiger partial charge in [0.25, 0.3) is 6.71 Å². The van der Waals surface area contributed by atoms with Crippen LogP contribution in [0.3, 0.4) is 0 Å². The van der Waals surface area contributed by atoms with Crippen LogP contribution in [0, 0.1) is 0 Å². The van der Waals surface area contributed by atoms with Gasteiger partial charge in [0, 0.05) is 50.6 Å². The molecule has 70 heavy (non-hydrogen) atoms. The van der Waals surface area contributed by atoms with Crippen LogP contribution in [0.15, 0.2) is 267 Å². The lowest BCUT2D eigenvalue weighted by molar-refractivity contribution is 1.18. The number of hydrogen-bond acceptors (Lipinski definition) is 2. The van der Waals surface area contributed by atoms with Gasteiger partial charge < -0.3 is 14.4 Å². The monoisotopic (exact) mass is 889 g/mol. The third-order valence-electron chi connectivity index (χ3n) is 14.5. The number of fused-ring (bicyclic) bond motifs is 7. The van der Waals surface area contributed by atoms with Crippen molar-refractivity contribution in [1.29, 1.82) is 0 Å². The van der Waals surface area contributed by atoms with Crippen LogP contribution < -0.4 is 26.2 Å². The van der Waals surface area contributed by atoms with Crippen LogP contribution in [-0.4, -0.2) is 11.3 Å². The van der Waals surface area contributed by atoms with Gasteiger partial charge in [0.15, 0.2) is 0 Å². The van der Waals surface area contributed by atoms with E-state index >= 15 is 0 Å². The van der Waals surface area contributed by atoms with Crippen molar-refractivity contribution < 1.29 is 0 Å². The van der Waals surface area contributed by atoms with Crippen LogP contribution in [0.2, 0.25) is 0 Å². The highest BCUT2D eigenvalue weighted by atomic mass is 15.2. The zero-order valence-corrected chi connectivity index (χ0v) is 38.3. The number of anilines is 6. The second kappa shape index (κ2) is 16.3. The standard InChI is InChI=1S/C66H44BN3/c1-5-20-45(21-6-1)49-38-50(46-22-7-2-8-23-46)41-54(40-49)69-62-33-18-15-30-58(62)67-59-44-53(68-60-31-16-13-28-56(60)57-29-14-17-32-61(57)68)36-37-63(59)70(65-35-19-34-64(69)66(65)67)55-42-51(47-24-9-3-10-25-47)39-52(43-55)48-26-11-4-12-27-48/h1-44H. The van der Waals surface area contributed by atoms with E-state index in [1.807, 2.05) is 0 Å². The van der Waals surface area contributed by atoms with E-state index in [0.29, 0.717) is 0 Å². The van der Waals surface area contributed by atoms with E-state index in [9.17, 15) is 0 Å². The molecule has 0 aliphatic carbocycles. The van der Waals surface area contributed by atoms with Crippen molar-refractivity contribution in [3.63, 3.8) is 0 Å². The second-order valence-electron chi connectivity index (χ2n) is 18.5. The molecule has 0 amide bonds. The molecule has 0 unspecified atom stereocenters. The predicted molar refractivity (Wildman–Crippen MR) is 297 cm³/mol. The quantitative estimate of drug-likeness (QED) is 0.148. The van der Waals surface area contributed by atoms with E-state index in [4.69, 9.17) is 0 Å². The molecule has 11 aromatic carbocycles. The fourth-order valence-electron chi connectivity index (χ4n) is 11.4. The molecule has 0 saturated heterocycles. The maximum absolute atomic E-state index is 2.54. The normalized spacial score (nSPS) is 12.5. The minimum absolute atomic E-state index is 0.0604. The minimum atomic E-state index is -0.0604. The Morgan fingerprint density at radius 1 is 0.243 bits per heavy atom. The average molecular weight is 890 g/mol. The second-order valence-corrected chi connectivity index (χ2v) is 18.5. The molecule has 3 heterocycles. The summed E-state index contributed by atoms with van der Waals surface area (Å²) in [7, 11) is 0. The first-order valence-electron chi connectivity index (χ1n) is 24.2. The van der Waals surface area contributed by atoms with Crippen LogP contribution in [0.1, 0.15) is 0 Å². The molecule has 2 aliphatic heterocycles. The first-order chi connectivity index (χ1) is 34.7. The van der Waals surface area contributed by atoms with Gasteiger partial charge in [-0.3, -0.25) is 0 Å². The number of rotatable bonds is 7. The Morgan fingerprint density at radius 3 is 1.10 bits per heavy atom. The van der Waals surface area contributed by atoms with Crippen molar-refractivity contribution in [3.8, 4) is 50.2 Å². The zero-order valence-electron chi connectivity index (χ0n) is 38.3. The summed E-state index contributed by atoms with van der Waals surface area (Å²) in [6.45, 7) is -0.0604. The fraction of sp³-hybridized carbons (Fsp3) is 0. The van der Waals surface area contributed by atoms with Crippen molar-refractivity contribution >= 4 is 79.0 Å². The van der Waals surface area contributed by atoms with Crippen molar-refractivity contribution in [3.05, 3.63) is 267 Å². The van der Waals surface area contributed by atoms with E-state index in [2.05, 4.69) is 281 Å². The van der Waals surface area contributed by atoms with Crippen molar-refractivity contribution in [2.75, 3.05) is 9.80 Å². The van der Waals surface area contributed by atoms with Gasteiger partial charge in [-0.05, 0) is 146 Å². The lowest BCUT2D eigenvalue weighted by Gasteiger charge is -2.44. The van der Waals surface area contributed by atoms with Crippen LogP contribution >= 0.6 is 0 Å². The topological polar surface area (TPSA) is 11.4 Å². The van der Waals surface area contributed by atoms with Crippen molar-refractivity contribution in [1.82, 2.24) is 4.57 Å². The van der Waals surface area contributed by atoms with Crippen molar-refractivity contribution in [2.24, 2.45) is 0 Å². The minimum Gasteiger partial charge on any atom is -0.311 e. The van der Waals surface area contributed by atoms with Gasteiger partial charge in [0.05, 0.1) is 11.0 Å². The van der Waals surface area contributed by atoms with Gasteiger partial charge in [-0.2, -0.15) is 0 Å². The van der Waals surface area contributed by atoms with Crippen LogP contribution in [0.25, 0.3) is 72.0 Å². The van der Waals surface area contributed by atoms with Gasteiger partial charge in [-0.15, -0.1) is 0 Å². The van der Waals surface area contributed by atoms with Crippen LogP contribution in [-0.2, 0) is 0 Å². The highest BCUT2D eigenvalue weighted by molar-refractivity contribution is 7.00. The van der Waals surface area contributed by atoms with E-state index in [0.717, 1.165) is 17.1 Å². The SMILES string of the molecule is c1ccc(-c2cc(-c3ccccc3)cc(N3c4ccccc4B4c5cc(-n6c7ccccc7c7ccccc76)ccc5N(c5cc(-c6ccccc6)cc(-c6ccccc6)c5)c5cccc3c54)c2)cc1. The lowest BCUT2D eigenvalue weighted by atomic mass is 9.33. The largest absolute Gasteiger partial charge is 0.311 e. The molecule has 0 N–H and O–H groups in total. The summed E-state index contributed by atoms with van der Waals surface area (Å²) in [5, 5.41) is 2.50. The number of hydrogen-bond donors (Lipinski definition) is 0. The summed E-state index contributed by atoms with van der Waals surface area (Å²) in [6, 6.07) is 98.3. The molecule has 0 saturated carbocycles. The number of nitrogens with zero attached hydrogens (tertiary/aromatic N) is 3. The zero-order chi connectivity index (χ0) is 46.1. The average Bonchev–Trinajstić information content (AvgIpc) is 3.78. The van der Waals surface area contributed by atoms with Gasteiger partial charge in [0.1, 0.15) is 0 Å². The molecule has 0 bridgehead atoms. The van der Waals surface area contributed by atoms with Gasteiger partial charge in [-0.25, -0.2) is 0 Å². The van der Waals surface area contributed by atoms with Gasteiger partial charge in [-0.1, -0.05) is 182 Å². The Kier molecular flexibility index (Phi) is 9.31. The van der Waals surface area contributed by atoms with Gasteiger partial charge >= 0.3 is 0 Å². The highest BCUT2D eigenvalue weighted by Gasteiger charge is 2.43.